The lowest BCUT2D eigenvalue weighted by Crippen LogP contribution is -2.36. The fraction of sp³-hybridized carbons (Fsp3) is 0.286. The van der Waals surface area contributed by atoms with Crippen molar-refractivity contribution in [2.45, 2.75) is 20.0 Å². The molecule has 1 aromatic carbocycles. The van der Waals surface area contributed by atoms with E-state index in [-0.39, 0.29) is 0 Å². The summed E-state index contributed by atoms with van der Waals surface area (Å²) in [6, 6.07) is 11.6. The Kier molecular flexibility index (Phi) is 7.05. The summed E-state index contributed by atoms with van der Waals surface area (Å²) >= 11 is 0. The van der Waals surface area contributed by atoms with E-state index >= 15 is 0 Å². The fourth-order valence-electron chi connectivity index (χ4n) is 2.78. The highest BCUT2D eigenvalue weighted by Crippen LogP contribution is 2.24. The molecule has 0 aliphatic carbocycles. The Balaban J connectivity index is 1.68. The van der Waals surface area contributed by atoms with E-state index in [4.69, 9.17) is 9.47 Å². The number of benzene rings is 1. The molecule has 3 aromatic rings. The Labute approximate surface area is 170 Å². The Hall–Kier alpha value is -3.55. The van der Waals surface area contributed by atoms with Crippen molar-refractivity contribution in [3.63, 3.8) is 0 Å². The van der Waals surface area contributed by atoms with Gasteiger partial charge in [-0.25, -0.2) is 14.7 Å². The van der Waals surface area contributed by atoms with Gasteiger partial charge in [-0.05, 0) is 42.8 Å². The molecule has 8 nitrogen and oxygen atoms in total. The highest BCUT2D eigenvalue weighted by atomic mass is 16.5. The van der Waals surface area contributed by atoms with Gasteiger partial charge in [0.05, 0.1) is 20.8 Å². The number of aromatic nitrogens is 3. The number of hydrogen-bond donors (Lipinski definition) is 2. The van der Waals surface area contributed by atoms with Crippen LogP contribution in [0.25, 0.3) is 5.82 Å². The summed E-state index contributed by atoms with van der Waals surface area (Å²) < 4.78 is 12.4. The smallest absolute Gasteiger partial charge is 0.191 e. The molecule has 2 aromatic heterocycles. The first-order chi connectivity index (χ1) is 14.2. The SMILES string of the molecule is CCNC(=NCc1ccnc(-n2cccn2)c1)NCc1ccc(OC)cc1OC. The summed E-state index contributed by atoms with van der Waals surface area (Å²) in [7, 11) is 3.29. The van der Waals surface area contributed by atoms with Gasteiger partial charge >= 0.3 is 0 Å². The maximum Gasteiger partial charge on any atom is 0.191 e. The van der Waals surface area contributed by atoms with Crippen molar-refractivity contribution in [1.82, 2.24) is 25.4 Å². The van der Waals surface area contributed by atoms with E-state index in [2.05, 4.69) is 25.7 Å². The minimum Gasteiger partial charge on any atom is -0.497 e. The van der Waals surface area contributed by atoms with Crippen LogP contribution in [0.2, 0.25) is 0 Å². The second-order valence-electron chi connectivity index (χ2n) is 6.20. The molecule has 0 amide bonds. The highest BCUT2D eigenvalue weighted by Gasteiger charge is 2.07. The Morgan fingerprint density at radius 2 is 2.00 bits per heavy atom. The fourth-order valence-corrected chi connectivity index (χ4v) is 2.78. The first-order valence-electron chi connectivity index (χ1n) is 9.41. The number of nitrogens with one attached hydrogen (secondary N) is 2. The van der Waals surface area contributed by atoms with E-state index in [0.29, 0.717) is 13.1 Å². The van der Waals surface area contributed by atoms with Crippen molar-refractivity contribution >= 4 is 5.96 Å². The molecule has 152 valence electrons. The largest absolute Gasteiger partial charge is 0.497 e. The van der Waals surface area contributed by atoms with Crippen molar-refractivity contribution in [2.75, 3.05) is 20.8 Å². The molecule has 0 aliphatic heterocycles. The molecule has 0 saturated carbocycles. The van der Waals surface area contributed by atoms with E-state index in [1.807, 2.05) is 49.5 Å². The molecule has 0 radical (unpaired) electrons. The lowest BCUT2D eigenvalue weighted by atomic mass is 10.2. The minimum atomic E-state index is 0.520. The zero-order valence-electron chi connectivity index (χ0n) is 16.9. The van der Waals surface area contributed by atoms with Crippen LogP contribution in [-0.4, -0.2) is 41.5 Å². The van der Waals surface area contributed by atoms with Gasteiger partial charge in [-0.15, -0.1) is 0 Å². The van der Waals surface area contributed by atoms with Gasteiger partial charge in [0.2, 0.25) is 0 Å². The Morgan fingerprint density at radius 3 is 2.72 bits per heavy atom. The average molecular weight is 394 g/mol. The van der Waals surface area contributed by atoms with Crippen LogP contribution in [0, 0.1) is 0 Å². The number of aliphatic imine (C=N–C) groups is 1. The topological polar surface area (TPSA) is 85.6 Å². The Bertz CT molecular complexity index is 940. The van der Waals surface area contributed by atoms with E-state index < -0.39 is 0 Å². The van der Waals surface area contributed by atoms with Crippen LogP contribution in [0.15, 0.2) is 60.0 Å². The summed E-state index contributed by atoms with van der Waals surface area (Å²) in [4.78, 5) is 9.03. The van der Waals surface area contributed by atoms with Crippen LogP contribution in [0.5, 0.6) is 11.5 Å². The van der Waals surface area contributed by atoms with Gasteiger partial charge in [-0.1, -0.05) is 0 Å². The standard InChI is InChI=1S/C21H26N6O2/c1-4-22-21(25-15-17-6-7-18(28-2)13-19(17)29-3)24-14-16-8-10-23-20(12-16)27-11-5-9-26-27/h5-13H,4,14-15H2,1-3H3,(H2,22,24,25). The Morgan fingerprint density at radius 1 is 1.10 bits per heavy atom. The number of guanidine groups is 1. The van der Waals surface area contributed by atoms with Gasteiger partial charge in [0.15, 0.2) is 11.8 Å². The molecule has 3 rings (SSSR count). The summed E-state index contributed by atoms with van der Waals surface area (Å²) in [5.41, 5.74) is 2.06. The van der Waals surface area contributed by atoms with Crippen LogP contribution < -0.4 is 20.1 Å². The summed E-state index contributed by atoms with van der Waals surface area (Å²) in [5.74, 6) is 3.02. The third-order valence-electron chi connectivity index (χ3n) is 4.25. The average Bonchev–Trinajstić information content (AvgIpc) is 3.31. The second kappa shape index (κ2) is 10.1. The zero-order valence-corrected chi connectivity index (χ0v) is 16.9. The van der Waals surface area contributed by atoms with Crippen LogP contribution >= 0.6 is 0 Å². The van der Waals surface area contributed by atoms with Crippen molar-refractivity contribution in [3.05, 3.63) is 66.1 Å². The van der Waals surface area contributed by atoms with Crippen molar-refractivity contribution in [1.29, 1.82) is 0 Å². The molecule has 0 aliphatic rings. The minimum absolute atomic E-state index is 0.520. The molecule has 0 unspecified atom stereocenters. The molecular formula is C21H26N6O2. The molecule has 29 heavy (non-hydrogen) atoms. The van der Waals surface area contributed by atoms with E-state index in [1.165, 1.54) is 0 Å². The first-order valence-corrected chi connectivity index (χ1v) is 9.41. The van der Waals surface area contributed by atoms with Gasteiger partial charge in [0, 0.05) is 43.3 Å². The normalized spacial score (nSPS) is 11.2. The van der Waals surface area contributed by atoms with Crippen LogP contribution in [0.4, 0.5) is 0 Å². The third kappa shape index (κ3) is 5.47. The number of pyridine rings is 1. The van der Waals surface area contributed by atoms with Gasteiger partial charge < -0.3 is 20.1 Å². The third-order valence-corrected chi connectivity index (χ3v) is 4.25. The molecule has 2 heterocycles. The lowest BCUT2D eigenvalue weighted by Gasteiger charge is -2.14. The van der Waals surface area contributed by atoms with Crippen LogP contribution in [-0.2, 0) is 13.1 Å². The zero-order chi connectivity index (χ0) is 20.5. The highest BCUT2D eigenvalue weighted by molar-refractivity contribution is 5.79. The number of rotatable bonds is 8. The van der Waals surface area contributed by atoms with E-state index in [0.717, 1.165) is 40.9 Å². The molecule has 0 saturated heterocycles. The van der Waals surface area contributed by atoms with Gasteiger partial charge in [-0.2, -0.15) is 5.10 Å². The van der Waals surface area contributed by atoms with Gasteiger partial charge in [0.1, 0.15) is 11.5 Å². The summed E-state index contributed by atoms with van der Waals surface area (Å²) in [6.07, 6.45) is 5.36. The number of nitrogens with zero attached hydrogens (tertiary/aromatic N) is 4. The molecule has 0 spiro atoms. The maximum atomic E-state index is 5.46. The van der Waals surface area contributed by atoms with Crippen LogP contribution in [0.3, 0.4) is 0 Å². The van der Waals surface area contributed by atoms with Crippen LogP contribution in [0.1, 0.15) is 18.1 Å². The van der Waals surface area contributed by atoms with Crippen molar-refractivity contribution < 1.29 is 9.47 Å². The number of methoxy groups -OCH3 is 2. The van der Waals surface area contributed by atoms with Gasteiger partial charge in [0.25, 0.3) is 0 Å². The quantitative estimate of drug-likeness (QED) is 0.451. The molecular weight excluding hydrogens is 368 g/mol. The van der Waals surface area contributed by atoms with Gasteiger partial charge in [-0.3, -0.25) is 0 Å². The number of hydrogen-bond acceptors (Lipinski definition) is 5. The molecule has 0 atom stereocenters. The van der Waals surface area contributed by atoms with E-state index in [9.17, 15) is 0 Å². The maximum absolute atomic E-state index is 5.46. The molecule has 0 fully saturated rings. The first kappa shape index (κ1) is 20.2. The monoisotopic (exact) mass is 394 g/mol. The second-order valence-corrected chi connectivity index (χ2v) is 6.20. The van der Waals surface area contributed by atoms with Crippen molar-refractivity contribution in [2.24, 2.45) is 4.99 Å². The molecule has 8 heteroatoms. The number of ether oxygens (including phenoxy) is 2. The lowest BCUT2D eigenvalue weighted by molar-refractivity contribution is 0.390. The predicted molar refractivity (Wildman–Crippen MR) is 113 cm³/mol. The molecule has 0 bridgehead atoms. The predicted octanol–water partition coefficient (Wildman–Crippen LogP) is 2.54. The summed E-state index contributed by atoms with van der Waals surface area (Å²) in [5, 5.41) is 10.8. The summed E-state index contributed by atoms with van der Waals surface area (Å²) in [6.45, 7) is 3.90. The van der Waals surface area contributed by atoms with E-state index in [1.54, 1.807) is 31.3 Å². The molecule has 2 N–H and O–H groups in total. The van der Waals surface area contributed by atoms with Crippen molar-refractivity contribution in [3.8, 4) is 17.3 Å².